The number of ether oxygens (including phenoxy) is 2. The van der Waals surface area contributed by atoms with Crippen molar-refractivity contribution in [3.05, 3.63) is 28.8 Å². The predicted octanol–water partition coefficient (Wildman–Crippen LogP) is 4.34. The quantitative estimate of drug-likeness (QED) is 0.574. The van der Waals surface area contributed by atoms with Crippen molar-refractivity contribution in [1.82, 2.24) is 15.1 Å². The first kappa shape index (κ1) is 24.2. The average Bonchev–Trinajstić information content (AvgIpc) is 3.28. The van der Waals surface area contributed by atoms with Crippen molar-refractivity contribution in [1.29, 1.82) is 0 Å². The summed E-state index contributed by atoms with van der Waals surface area (Å²) in [6.07, 6.45) is -4.99. The summed E-state index contributed by atoms with van der Waals surface area (Å²) < 4.78 is 51.8. The smallest absolute Gasteiger partial charge is 0.419 e. The molecular weight excluding hydrogens is 451 g/mol. The van der Waals surface area contributed by atoms with Crippen molar-refractivity contribution in [3.8, 4) is 16.3 Å². The minimum atomic E-state index is -4.65. The van der Waals surface area contributed by atoms with Gasteiger partial charge in [0.05, 0.1) is 18.8 Å². The number of unbranched alkanes of at least 4 members (excludes halogenated alkanes) is 1. The van der Waals surface area contributed by atoms with Gasteiger partial charge < -0.3 is 19.7 Å². The highest BCUT2D eigenvalue weighted by Crippen LogP contribution is 2.45. The molecule has 1 fully saturated rings. The van der Waals surface area contributed by atoms with E-state index in [4.69, 9.17) is 14.6 Å². The van der Waals surface area contributed by atoms with E-state index in [1.165, 1.54) is 12.1 Å². The van der Waals surface area contributed by atoms with E-state index in [-0.39, 0.29) is 36.1 Å². The number of benzene rings is 1. The third kappa shape index (κ3) is 4.66. The van der Waals surface area contributed by atoms with E-state index >= 15 is 0 Å². The number of amides is 1. The van der Waals surface area contributed by atoms with Crippen LogP contribution in [0.2, 0.25) is 0 Å². The first-order valence-electron chi connectivity index (χ1n) is 9.86. The molecule has 1 amide bonds. The molecule has 0 spiro atoms. The van der Waals surface area contributed by atoms with E-state index < -0.39 is 29.1 Å². The number of aliphatic hydroxyl groups is 1. The van der Waals surface area contributed by atoms with Gasteiger partial charge in [-0.2, -0.15) is 13.2 Å². The van der Waals surface area contributed by atoms with Gasteiger partial charge in [-0.1, -0.05) is 11.3 Å². The number of carboxylic acid groups (broad SMARTS) is 1. The SMILES string of the molecule is CC1(C)OCC(C)(c2nnc(-c3ccc(OCCCCO)c(C(F)(F)F)c3)s2)N1C(=O)O. The molecule has 1 unspecified atom stereocenters. The van der Waals surface area contributed by atoms with Crippen LogP contribution < -0.4 is 4.74 Å². The number of hydrogen-bond acceptors (Lipinski definition) is 7. The summed E-state index contributed by atoms with van der Waals surface area (Å²) in [7, 11) is 0. The van der Waals surface area contributed by atoms with Crippen LogP contribution in [0.5, 0.6) is 5.75 Å². The third-order valence-electron chi connectivity index (χ3n) is 5.16. The molecule has 1 aliphatic rings. The standard InChI is InChI=1S/C20H24F3N3O5S/c1-18(2)26(17(28)29)19(3,11-31-18)16-25-24-15(32-16)12-6-7-14(30-9-5-4-8-27)13(10-12)20(21,22)23/h6-7,10,27H,4-5,8-9,11H2,1-3H3,(H,28,29). The maximum absolute atomic E-state index is 13.6. The fraction of sp³-hybridized carbons (Fsp3) is 0.550. The normalized spacial score (nSPS) is 20.5. The number of aliphatic hydroxyl groups excluding tert-OH is 1. The van der Waals surface area contributed by atoms with Crippen LogP contribution in [-0.4, -0.2) is 56.9 Å². The number of rotatable bonds is 7. The maximum Gasteiger partial charge on any atom is 0.419 e. The van der Waals surface area contributed by atoms with Crippen LogP contribution in [0.3, 0.4) is 0 Å². The summed E-state index contributed by atoms with van der Waals surface area (Å²) in [5.41, 5.74) is -2.98. The number of hydrogen-bond donors (Lipinski definition) is 2. The lowest BCUT2D eigenvalue weighted by molar-refractivity contribution is -0.138. The first-order chi connectivity index (χ1) is 14.9. The molecule has 2 N–H and O–H groups in total. The molecule has 176 valence electrons. The number of carbonyl (C=O) groups is 1. The monoisotopic (exact) mass is 475 g/mol. The summed E-state index contributed by atoms with van der Waals surface area (Å²) in [6, 6.07) is 3.62. The molecule has 2 heterocycles. The van der Waals surface area contributed by atoms with Crippen LogP contribution in [0, 0.1) is 0 Å². The van der Waals surface area contributed by atoms with Gasteiger partial charge in [-0.05, 0) is 51.8 Å². The second-order valence-electron chi connectivity index (χ2n) is 8.03. The van der Waals surface area contributed by atoms with Gasteiger partial charge in [0.25, 0.3) is 0 Å². The molecule has 1 aromatic heterocycles. The highest BCUT2D eigenvalue weighted by Gasteiger charge is 2.54. The Kier molecular flexibility index (Phi) is 6.68. The van der Waals surface area contributed by atoms with E-state index in [2.05, 4.69) is 10.2 Å². The number of aromatic nitrogens is 2. The minimum Gasteiger partial charge on any atom is -0.493 e. The van der Waals surface area contributed by atoms with Gasteiger partial charge in [-0.15, -0.1) is 10.2 Å². The zero-order valence-electron chi connectivity index (χ0n) is 17.8. The summed E-state index contributed by atoms with van der Waals surface area (Å²) in [6.45, 7) is 4.89. The Hall–Kier alpha value is -2.44. The fourth-order valence-corrected chi connectivity index (χ4v) is 4.56. The molecule has 3 rings (SSSR count). The fourth-order valence-electron chi connectivity index (χ4n) is 3.60. The van der Waals surface area contributed by atoms with Crippen LogP contribution >= 0.6 is 11.3 Å². The molecular formula is C20H24F3N3O5S. The van der Waals surface area contributed by atoms with E-state index in [0.717, 1.165) is 22.3 Å². The summed E-state index contributed by atoms with van der Waals surface area (Å²) in [5.74, 6) is -0.307. The average molecular weight is 475 g/mol. The zero-order chi connectivity index (χ0) is 23.7. The Balaban J connectivity index is 1.92. The Labute approximate surface area is 186 Å². The molecule has 1 saturated heterocycles. The van der Waals surface area contributed by atoms with Gasteiger partial charge >= 0.3 is 12.3 Å². The Morgan fingerprint density at radius 3 is 2.62 bits per heavy atom. The van der Waals surface area contributed by atoms with Crippen molar-refractivity contribution < 1.29 is 37.7 Å². The molecule has 12 heteroatoms. The van der Waals surface area contributed by atoms with Gasteiger partial charge in [-0.3, -0.25) is 4.90 Å². The van der Waals surface area contributed by atoms with Crippen molar-refractivity contribution in [3.63, 3.8) is 0 Å². The Morgan fingerprint density at radius 1 is 1.28 bits per heavy atom. The Morgan fingerprint density at radius 2 is 2.00 bits per heavy atom. The van der Waals surface area contributed by atoms with Gasteiger partial charge in [0, 0.05) is 12.2 Å². The van der Waals surface area contributed by atoms with Gasteiger partial charge in [0.15, 0.2) is 0 Å². The summed E-state index contributed by atoms with van der Waals surface area (Å²) in [5, 5.41) is 27.1. The molecule has 0 aliphatic carbocycles. The van der Waals surface area contributed by atoms with E-state index in [1.807, 2.05) is 0 Å². The van der Waals surface area contributed by atoms with Crippen molar-refractivity contribution >= 4 is 17.4 Å². The lowest BCUT2D eigenvalue weighted by atomic mass is 10.0. The summed E-state index contributed by atoms with van der Waals surface area (Å²) in [4.78, 5) is 13.0. The molecule has 0 bridgehead atoms. The van der Waals surface area contributed by atoms with Crippen LogP contribution in [0.4, 0.5) is 18.0 Å². The van der Waals surface area contributed by atoms with Crippen molar-refractivity contribution in [2.45, 2.75) is 51.1 Å². The van der Waals surface area contributed by atoms with E-state index in [1.54, 1.807) is 20.8 Å². The van der Waals surface area contributed by atoms with Crippen LogP contribution in [0.1, 0.15) is 44.2 Å². The third-order valence-corrected chi connectivity index (χ3v) is 6.38. The summed E-state index contributed by atoms with van der Waals surface area (Å²) >= 11 is 1.01. The zero-order valence-corrected chi connectivity index (χ0v) is 18.6. The second kappa shape index (κ2) is 8.83. The van der Waals surface area contributed by atoms with Crippen LogP contribution in [0.25, 0.3) is 10.6 Å². The van der Waals surface area contributed by atoms with Gasteiger partial charge in [-0.25, -0.2) is 4.79 Å². The van der Waals surface area contributed by atoms with Crippen LogP contribution in [-0.2, 0) is 16.5 Å². The second-order valence-corrected chi connectivity index (χ2v) is 9.01. The molecule has 1 atom stereocenters. The first-order valence-corrected chi connectivity index (χ1v) is 10.7. The molecule has 32 heavy (non-hydrogen) atoms. The van der Waals surface area contributed by atoms with Gasteiger partial charge in [0.2, 0.25) is 0 Å². The van der Waals surface area contributed by atoms with Crippen molar-refractivity contribution in [2.24, 2.45) is 0 Å². The molecule has 0 radical (unpaired) electrons. The lowest BCUT2D eigenvalue weighted by Gasteiger charge is -2.35. The number of nitrogens with zero attached hydrogens (tertiary/aromatic N) is 3. The Bertz CT molecular complexity index is 982. The molecule has 1 aromatic carbocycles. The van der Waals surface area contributed by atoms with Crippen LogP contribution in [0.15, 0.2) is 18.2 Å². The highest BCUT2D eigenvalue weighted by atomic mass is 32.1. The number of alkyl halides is 3. The highest BCUT2D eigenvalue weighted by molar-refractivity contribution is 7.14. The molecule has 1 aliphatic heterocycles. The molecule has 2 aromatic rings. The molecule has 0 saturated carbocycles. The van der Waals surface area contributed by atoms with Gasteiger partial charge in [0.1, 0.15) is 27.0 Å². The molecule has 8 nitrogen and oxygen atoms in total. The number of halogens is 3. The largest absolute Gasteiger partial charge is 0.493 e. The van der Waals surface area contributed by atoms with E-state index in [9.17, 15) is 23.1 Å². The maximum atomic E-state index is 13.6. The topological polar surface area (TPSA) is 105 Å². The lowest BCUT2D eigenvalue weighted by Crippen LogP contribution is -2.51. The van der Waals surface area contributed by atoms with E-state index in [0.29, 0.717) is 17.8 Å². The minimum absolute atomic E-state index is 0.0371. The predicted molar refractivity (Wildman–Crippen MR) is 109 cm³/mol. The van der Waals surface area contributed by atoms with Crippen molar-refractivity contribution in [2.75, 3.05) is 19.8 Å².